The lowest BCUT2D eigenvalue weighted by atomic mass is 10.2. The number of methoxy groups -OCH3 is 1. The van der Waals surface area contributed by atoms with Gasteiger partial charge in [0.1, 0.15) is 11.5 Å². The molecule has 4 nitrogen and oxygen atoms in total. The highest BCUT2D eigenvalue weighted by atomic mass is 16.5. The summed E-state index contributed by atoms with van der Waals surface area (Å²) in [6, 6.07) is 6.11. The molecule has 1 aliphatic rings. The van der Waals surface area contributed by atoms with Gasteiger partial charge in [0, 0.05) is 32.2 Å². The van der Waals surface area contributed by atoms with Crippen LogP contribution in [0.3, 0.4) is 0 Å². The third kappa shape index (κ3) is 4.81. The van der Waals surface area contributed by atoms with E-state index in [1.165, 1.54) is 19.3 Å². The predicted molar refractivity (Wildman–Crippen MR) is 87.7 cm³/mol. The number of anilines is 1. The molecule has 0 bridgehead atoms. The van der Waals surface area contributed by atoms with Gasteiger partial charge in [0.05, 0.1) is 19.4 Å². The molecule has 0 aromatic heterocycles. The van der Waals surface area contributed by atoms with Crippen LogP contribution in [0.1, 0.15) is 32.6 Å². The van der Waals surface area contributed by atoms with Gasteiger partial charge in [-0.2, -0.15) is 0 Å². The number of rotatable bonds is 8. The highest BCUT2D eigenvalue weighted by Crippen LogP contribution is 2.32. The summed E-state index contributed by atoms with van der Waals surface area (Å²) in [6.45, 7) is 7.09. The van der Waals surface area contributed by atoms with Crippen molar-refractivity contribution in [3.05, 3.63) is 18.2 Å². The molecule has 4 heteroatoms. The molecule has 0 unspecified atom stereocenters. The molecule has 1 aromatic carbocycles. The lowest BCUT2D eigenvalue weighted by Crippen LogP contribution is -2.43. The van der Waals surface area contributed by atoms with Crippen molar-refractivity contribution in [3.63, 3.8) is 0 Å². The Kier molecular flexibility index (Phi) is 6.67. The Balaban J connectivity index is 2.00. The summed E-state index contributed by atoms with van der Waals surface area (Å²) < 4.78 is 11.4. The largest absolute Gasteiger partial charge is 0.497 e. The first-order valence-corrected chi connectivity index (χ1v) is 8.11. The molecule has 1 fully saturated rings. The number of nitrogens with one attached hydrogen (secondary N) is 1. The first-order valence-electron chi connectivity index (χ1n) is 8.11. The van der Waals surface area contributed by atoms with Gasteiger partial charge in [0.25, 0.3) is 0 Å². The van der Waals surface area contributed by atoms with E-state index in [4.69, 9.17) is 9.47 Å². The first kappa shape index (κ1) is 16.0. The topological polar surface area (TPSA) is 33.7 Å². The molecule has 1 N–H and O–H groups in total. The quantitative estimate of drug-likeness (QED) is 0.747. The number of hydrogen-bond donors (Lipinski definition) is 1. The van der Waals surface area contributed by atoms with E-state index in [9.17, 15) is 0 Å². The molecule has 1 saturated heterocycles. The second-order valence-electron chi connectivity index (χ2n) is 5.48. The van der Waals surface area contributed by atoms with E-state index < -0.39 is 0 Å². The van der Waals surface area contributed by atoms with Crippen molar-refractivity contribution >= 4 is 5.69 Å². The number of piperazine rings is 1. The van der Waals surface area contributed by atoms with Crippen molar-refractivity contribution in [2.45, 2.75) is 32.6 Å². The van der Waals surface area contributed by atoms with E-state index in [2.05, 4.69) is 23.2 Å². The van der Waals surface area contributed by atoms with Gasteiger partial charge >= 0.3 is 0 Å². The number of ether oxygens (including phenoxy) is 2. The highest BCUT2D eigenvalue weighted by Gasteiger charge is 2.16. The van der Waals surface area contributed by atoms with Crippen LogP contribution in [0, 0.1) is 0 Å². The van der Waals surface area contributed by atoms with Gasteiger partial charge in [-0.1, -0.05) is 26.2 Å². The monoisotopic (exact) mass is 292 g/mol. The van der Waals surface area contributed by atoms with Crippen molar-refractivity contribution in [2.24, 2.45) is 0 Å². The van der Waals surface area contributed by atoms with Crippen molar-refractivity contribution in [1.29, 1.82) is 0 Å². The Bertz CT molecular complexity index is 417. The molecule has 0 aliphatic carbocycles. The molecule has 0 radical (unpaired) electrons. The Hall–Kier alpha value is -1.42. The molecule has 1 aliphatic heterocycles. The van der Waals surface area contributed by atoms with E-state index >= 15 is 0 Å². The van der Waals surface area contributed by atoms with E-state index in [0.717, 1.165) is 56.4 Å². The summed E-state index contributed by atoms with van der Waals surface area (Å²) in [5, 5.41) is 3.39. The van der Waals surface area contributed by atoms with E-state index in [0.29, 0.717) is 0 Å². The minimum Gasteiger partial charge on any atom is -0.497 e. The molecular weight excluding hydrogens is 264 g/mol. The average molecular weight is 292 g/mol. The molecule has 1 aromatic rings. The lowest BCUT2D eigenvalue weighted by molar-refractivity contribution is 0.304. The average Bonchev–Trinajstić information content (AvgIpc) is 2.55. The Morgan fingerprint density at radius 2 is 1.95 bits per heavy atom. The zero-order valence-corrected chi connectivity index (χ0v) is 13.4. The van der Waals surface area contributed by atoms with Crippen LogP contribution in [0.2, 0.25) is 0 Å². The smallest absolute Gasteiger partial charge is 0.142 e. The van der Waals surface area contributed by atoms with Crippen molar-refractivity contribution in [3.8, 4) is 11.5 Å². The third-order valence-corrected chi connectivity index (χ3v) is 3.88. The lowest BCUT2D eigenvalue weighted by Gasteiger charge is -2.31. The van der Waals surface area contributed by atoms with Crippen molar-refractivity contribution < 1.29 is 9.47 Å². The summed E-state index contributed by atoms with van der Waals surface area (Å²) in [5.41, 5.74) is 1.16. The van der Waals surface area contributed by atoms with Gasteiger partial charge in [-0.05, 0) is 18.6 Å². The van der Waals surface area contributed by atoms with Crippen LogP contribution in [-0.4, -0.2) is 39.9 Å². The fraction of sp³-hybridized carbons (Fsp3) is 0.647. The molecule has 0 saturated carbocycles. The maximum absolute atomic E-state index is 6.02. The minimum absolute atomic E-state index is 0.797. The van der Waals surface area contributed by atoms with Gasteiger partial charge < -0.3 is 19.7 Å². The molecule has 0 amide bonds. The second-order valence-corrected chi connectivity index (χ2v) is 5.48. The summed E-state index contributed by atoms with van der Waals surface area (Å²) in [4.78, 5) is 2.38. The molecule has 0 spiro atoms. The van der Waals surface area contributed by atoms with Gasteiger partial charge in [-0.25, -0.2) is 0 Å². The Morgan fingerprint density at radius 3 is 2.67 bits per heavy atom. The molecule has 118 valence electrons. The van der Waals surface area contributed by atoms with Crippen LogP contribution in [-0.2, 0) is 0 Å². The molecule has 21 heavy (non-hydrogen) atoms. The normalized spacial score (nSPS) is 15.0. The molecule has 2 rings (SSSR count). The first-order chi connectivity index (χ1) is 10.3. The van der Waals surface area contributed by atoms with Gasteiger partial charge in [-0.15, -0.1) is 0 Å². The molecule has 1 heterocycles. The summed E-state index contributed by atoms with van der Waals surface area (Å²) >= 11 is 0. The van der Waals surface area contributed by atoms with E-state index in [1.807, 2.05) is 12.1 Å². The molecular formula is C17H28N2O2. The summed E-state index contributed by atoms with van der Waals surface area (Å²) in [5.74, 6) is 1.87. The van der Waals surface area contributed by atoms with E-state index in [-0.39, 0.29) is 0 Å². The minimum atomic E-state index is 0.797. The number of benzene rings is 1. The summed E-state index contributed by atoms with van der Waals surface area (Å²) in [6.07, 6.45) is 4.92. The second kappa shape index (κ2) is 8.78. The third-order valence-electron chi connectivity index (χ3n) is 3.88. The Morgan fingerprint density at radius 1 is 1.14 bits per heavy atom. The predicted octanol–water partition coefficient (Wildman–Crippen LogP) is 3.06. The van der Waals surface area contributed by atoms with Crippen LogP contribution in [0.15, 0.2) is 18.2 Å². The highest BCUT2D eigenvalue weighted by molar-refractivity contribution is 5.62. The summed E-state index contributed by atoms with van der Waals surface area (Å²) in [7, 11) is 1.71. The van der Waals surface area contributed by atoms with Crippen LogP contribution in [0.25, 0.3) is 0 Å². The van der Waals surface area contributed by atoms with Crippen LogP contribution in [0.4, 0.5) is 5.69 Å². The SMILES string of the molecule is CCCCCCOc1ccc(OC)cc1N1CCNCC1. The van der Waals surface area contributed by atoms with Crippen molar-refractivity contribution in [2.75, 3.05) is 44.8 Å². The van der Waals surface area contributed by atoms with Gasteiger partial charge in [-0.3, -0.25) is 0 Å². The van der Waals surface area contributed by atoms with Crippen molar-refractivity contribution in [1.82, 2.24) is 5.32 Å². The van der Waals surface area contributed by atoms with Crippen LogP contribution >= 0.6 is 0 Å². The van der Waals surface area contributed by atoms with Gasteiger partial charge in [0.15, 0.2) is 0 Å². The zero-order chi connectivity index (χ0) is 14.9. The zero-order valence-electron chi connectivity index (χ0n) is 13.4. The van der Waals surface area contributed by atoms with Gasteiger partial charge in [0.2, 0.25) is 0 Å². The van der Waals surface area contributed by atoms with Crippen LogP contribution in [0.5, 0.6) is 11.5 Å². The maximum atomic E-state index is 6.02. The maximum Gasteiger partial charge on any atom is 0.142 e. The number of unbranched alkanes of at least 4 members (excludes halogenated alkanes) is 3. The number of hydrogen-bond acceptors (Lipinski definition) is 4. The standard InChI is InChI=1S/C17H28N2O2/c1-3-4-5-6-13-21-17-8-7-15(20-2)14-16(17)19-11-9-18-10-12-19/h7-8,14,18H,3-6,9-13H2,1-2H3. The Labute approximate surface area is 128 Å². The molecule has 0 atom stereocenters. The fourth-order valence-corrected chi connectivity index (χ4v) is 2.61. The number of nitrogens with zero attached hydrogens (tertiary/aromatic N) is 1. The van der Waals surface area contributed by atoms with Crippen LogP contribution < -0.4 is 19.7 Å². The van der Waals surface area contributed by atoms with E-state index in [1.54, 1.807) is 7.11 Å². The fourth-order valence-electron chi connectivity index (χ4n) is 2.61.